The minimum Gasteiger partial charge on any atom is -0.378 e. The average molecular weight is 452 g/mol. The lowest BCUT2D eigenvalue weighted by molar-refractivity contribution is 0.468. The van der Waals surface area contributed by atoms with Crippen LogP contribution in [0.3, 0.4) is 0 Å². The fourth-order valence-corrected chi connectivity index (χ4v) is 4.02. The summed E-state index contributed by atoms with van der Waals surface area (Å²) >= 11 is 5.87. The van der Waals surface area contributed by atoms with E-state index in [1.165, 1.54) is 0 Å². The Morgan fingerprint density at radius 3 is 2.21 bits per heavy atom. The van der Waals surface area contributed by atoms with Crippen LogP contribution in [0.25, 0.3) is 17.1 Å². The van der Waals surface area contributed by atoms with E-state index >= 15 is 0 Å². The first-order valence-corrected chi connectivity index (χ1v) is 10.7. The van der Waals surface area contributed by atoms with Crippen LogP contribution >= 0.6 is 12.2 Å². The molecule has 0 saturated carbocycles. The van der Waals surface area contributed by atoms with Crippen LogP contribution in [0.15, 0.2) is 79.1 Å². The first kappa shape index (κ1) is 21.9. The van der Waals surface area contributed by atoms with Crippen molar-refractivity contribution in [2.45, 2.75) is 6.04 Å². The maximum absolute atomic E-state index is 9.79. The van der Waals surface area contributed by atoms with Gasteiger partial charge in [0, 0.05) is 43.4 Å². The molecule has 0 bridgehead atoms. The van der Waals surface area contributed by atoms with Gasteiger partial charge in [-0.15, -0.1) is 0 Å². The molecule has 0 radical (unpaired) electrons. The van der Waals surface area contributed by atoms with E-state index in [4.69, 9.17) is 17.3 Å². The molecule has 0 N–H and O–H groups in total. The second-order valence-corrected chi connectivity index (χ2v) is 8.00. The highest BCUT2D eigenvalue weighted by Gasteiger charge is 2.29. The molecule has 0 saturated heterocycles. The molecule has 2 heterocycles. The summed E-state index contributed by atoms with van der Waals surface area (Å²) in [7, 11) is 3.91. The molecular weight excluding hydrogens is 430 g/mol. The molecular formula is C25H21N7S. The van der Waals surface area contributed by atoms with Crippen molar-refractivity contribution in [3.8, 4) is 29.2 Å². The van der Waals surface area contributed by atoms with Gasteiger partial charge in [-0.1, -0.05) is 30.3 Å². The lowest BCUT2D eigenvalue weighted by Gasteiger charge is -2.20. The third-order valence-electron chi connectivity index (χ3n) is 5.34. The van der Waals surface area contributed by atoms with E-state index < -0.39 is 12.0 Å². The number of nitrogens with zero attached hydrogens (tertiary/aromatic N) is 7. The molecule has 2 aromatic heterocycles. The van der Waals surface area contributed by atoms with Gasteiger partial charge in [-0.05, 0) is 54.2 Å². The van der Waals surface area contributed by atoms with E-state index in [0.29, 0.717) is 10.6 Å². The van der Waals surface area contributed by atoms with Crippen LogP contribution in [0.1, 0.15) is 11.6 Å². The molecule has 33 heavy (non-hydrogen) atoms. The van der Waals surface area contributed by atoms with Gasteiger partial charge in [0.2, 0.25) is 4.77 Å². The van der Waals surface area contributed by atoms with Crippen LogP contribution in [0.5, 0.6) is 0 Å². The summed E-state index contributed by atoms with van der Waals surface area (Å²) < 4.78 is 3.84. The zero-order chi connectivity index (χ0) is 23.4. The predicted octanol–water partition coefficient (Wildman–Crippen LogP) is 4.78. The van der Waals surface area contributed by atoms with Crippen LogP contribution in [0, 0.1) is 33.4 Å². The van der Waals surface area contributed by atoms with Crippen molar-refractivity contribution >= 4 is 17.9 Å². The maximum Gasteiger partial charge on any atom is 0.203 e. The second kappa shape index (κ2) is 9.47. The monoisotopic (exact) mass is 451 g/mol. The van der Waals surface area contributed by atoms with Gasteiger partial charge >= 0.3 is 0 Å². The SMILES string of the molecule is CN(C)c1ccc(C(C(C#N)C#N)n2nc(-c3cccnc3)n(-c3ccccc3)c2=S)cc1. The molecule has 4 rings (SSSR count). The molecule has 7 nitrogen and oxygen atoms in total. The number of benzene rings is 2. The molecule has 1 unspecified atom stereocenters. The summed E-state index contributed by atoms with van der Waals surface area (Å²) in [5.41, 5.74) is 3.40. The van der Waals surface area contributed by atoms with E-state index in [-0.39, 0.29) is 0 Å². The lowest BCUT2D eigenvalue weighted by Crippen LogP contribution is -2.21. The van der Waals surface area contributed by atoms with Crippen molar-refractivity contribution in [3.63, 3.8) is 0 Å². The van der Waals surface area contributed by atoms with Crippen LogP contribution in [-0.2, 0) is 0 Å². The summed E-state index contributed by atoms with van der Waals surface area (Å²) in [6.07, 6.45) is 3.41. The molecule has 0 spiro atoms. The van der Waals surface area contributed by atoms with E-state index in [9.17, 15) is 10.5 Å². The van der Waals surface area contributed by atoms with Crippen LogP contribution < -0.4 is 4.90 Å². The number of aromatic nitrogens is 4. The Morgan fingerprint density at radius 1 is 0.939 bits per heavy atom. The van der Waals surface area contributed by atoms with Crippen molar-refractivity contribution in [1.29, 1.82) is 10.5 Å². The number of hydrogen-bond acceptors (Lipinski definition) is 6. The minimum atomic E-state index is -0.984. The molecule has 0 aliphatic rings. The standard InChI is InChI=1S/C25H21N7S/c1-30(2)21-12-10-18(11-13-21)23(20(15-26)16-27)32-25(33)31(22-8-4-3-5-9-22)24(29-32)19-7-6-14-28-17-19/h3-14,17,20,23H,1-2H3. The van der Waals surface area contributed by atoms with Crippen LogP contribution in [0.2, 0.25) is 0 Å². The Hall–Kier alpha value is -4.27. The van der Waals surface area contributed by atoms with Crippen molar-refractivity contribution in [2.24, 2.45) is 5.92 Å². The van der Waals surface area contributed by atoms with Crippen molar-refractivity contribution in [1.82, 2.24) is 19.3 Å². The summed E-state index contributed by atoms with van der Waals surface area (Å²) in [6.45, 7) is 0. The van der Waals surface area contributed by atoms with Gasteiger partial charge < -0.3 is 4.90 Å². The van der Waals surface area contributed by atoms with E-state index in [2.05, 4.69) is 17.1 Å². The molecule has 0 aliphatic heterocycles. The van der Waals surface area contributed by atoms with Gasteiger partial charge in [0.1, 0.15) is 6.04 Å². The summed E-state index contributed by atoms with van der Waals surface area (Å²) in [4.78, 5) is 6.21. The lowest BCUT2D eigenvalue weighted by atomic mass is 9.95. The average Bonchev–Trinajstić information content (AvgIpc) is 3.20. The number of para-hydroxylation sites is 1. The number of anilines is 1. The Kier molecular flexibility index (Phi) is 6.30. The number of pyridine rings is 1. The van der Waals surface area contributed by atoms with E-state index in [0.717, 1.165) is 22.5 Å². The largest absolute Gasteiger partial charge is 0.378 e. The highest BCUT2D eigenvalue weighted by molar-refractivity contribution is 7.71. The fraction of sp³-hybridized carbons (Fsp3) is 0.160. The number of rotatable bonds is 6. The molecule has 162 valence electrons. The molecule has 4 aromatic rings. The van der Waals surface area contributed by atoms with E-state index in [1.54, 1.807) is 17.1 Å². The topological polar surface area (TPSA) is 86.5 Å². The highest BCUT2D eigenvalue weighted by atomic mass is 32.1. The Labute approximate surface area is 197 Å². The maximum atomic E-state index is 9.79. The first-order valence-electron chi connectivity index (χ1n) is 10.3. The van der Waals surface area contributed by atoms with Gasteiger partial charge in [0.15, 0.2) is 11.7 Å². The molecule has 8 heteroatoms. The summed E-state index contributed by atoms with van der Waals surface area (Å²) in [6, 6.07) is 24.7. The number of hydrogen-bond donors (Lipinski definition) is 0. The molecule has 0 fully saturated rings. The van der Waals surface area contributed by atoms with E-state index in [1.807, 2.05) is 90.3 Å². The smallest absolute Gasteiger partial charge is 0.203 e. The molecule has 0 amide bonds. The highest BCUT2D eigenvalue weighted by Crippen LogP contribution is 2.31. The fourth-order valence-electron chi connectivity index (χ4n) is 3.67. The molecule has 1 atom stereocenters. The quantitative estimate of drug-likeness (QED) is 0.392. The molecule has 0 aliphatic carbocycles. The second-order valence-electron chi connectivity index (χ2n) is 7.63. The van der Waals surface area contributed by atoms with Crippen molar-refractivity contribution in [2.75, 3.05) is 19.0 Å². The zero-order valence-electron chi connectivity index (χ0n) is 18.2. The molecule has 2 aromatic carbocycles. The van der Waals surface area contributed by atoms with Gasteiger partial charge in [0.25, 0.3) is 0 Å². The zero-order valence-corrected chi connectivity index (χ0v) is 19.0. The first-order chi connectivity index (χ1) is 16.0. The minimum absolute atomic E-state index is 0.386. The predicted molar refractivity (Wildman–Crippen MR) is 129 cm³/mol. The van der Waals surface area contributed by atoms with Gasteiger partial charge in [0.05, 0.1) is 12.1 Å². The third kappa shape index (κ3) is 4.25. The Bertz CT molecular complexity index is 1360. The van der Waals surface area contributed by atoms with Crippen LogP contribution in [0.4, 0.5) is 5.69 Å². The summed E-state index contributed by atoms with van der Waals surface area (Å²) in [5, 5.41) is 24.4. The van der Waals surface area contributed by atoms with Crippen molar-refractivity contribution < 1.29 is 0 Å². The van der Waals surface area contributed by atoms with Gasteiger partial charge in [-0.25, -0.2) is 4.68 Å². The van der Waals surface area contributed by atoms with Crippen molar-refractivity contribution in [3.05, 3.63) is 89.5 Å². The summed E-state index contributed by atoms with van der Waals surface area (Å²) in [5.74, 6) is -0.397. The van der Waals surface area contributed by atoms with Gasteiger partial charge in [-0.3, -0.25) is 9.55 Å². The Balaban J connectivity index is 1.97. The van der Waals surface area contributed by atoms with Crippen LogP contribution in [-0.4, -0.2) is 33.4 Å². The Morgan fingerprint density at radius 2 is 1.64 bits per heavy atom. The normalized spacial score (nSPS) is 11.5. The third-order valence-corrected chi connectivity index (χ3v) is 5.71. The number of nitriles is 2. The van der Waals surface area contributed by atoms with Gasteiger partial charge in [-0.2, -0.15) is 15.6 Å².